The van der Waals surface area contributed by atoms with E-state index in [1.807, 2.05) is 0 Å². The average molecular weight is 555 g/mol. The van der Waals surface area contributed by atoms with Crippen molar-refractivity contribution in [3.63, 3.8) is 0 Å². The number of benzene rings is 2. The van der Waals surface area contributed by atoms with Crippen LogP contribution in [0.25, 0.3) is 27.9 Å². The molecular weight excluding hydrogens is 534 g/mol. The van der Waals surface area contributed by atoms with E-state index in [0.717, 1.165) is 24.7 Å². The molecule has 7 nitrogen and oxygen atoms in total. The zero-order valence-electron chi connectivity index (χ0n) is 20.3. The predicted molar refractivity (Wildman–Crippen MR) is 137 cm³/mol. The molecule has 5 aromatic rings. The molecule has 0 atom stereocenters. The molecule has 0 saturated heterocycles. The minimum absolute atomic E-state index is 0.00924. The minimum Gasteiger partial charge on any atom is -0.294 e. The number of hydrogen-bond donors (Lipinski definition) is 0. The fraction of sp³-hybridized carbons (Fsp3) is 0.0741. The summed E-state index contributed by atoms with van der Waals surface area (Å²) in [7, 11) is -3.86. The van der Waals surface area contributed by atoms with Crippen LogP contribution in [-0.4, -0.2) is 51.4 Å². The van der Waals surface area contributed by atoms with Gasteiger partial charge in [0.15, 0.2) is 0 Å². The van der Waals surface area contributed by atoms with Gasteiger partial charge in [-0.25, -0.2) is 9.37 Å². The van der Waals surface area contributed by atoms with E-state index in [2.05, 4.69) is 9.97 Å². The van der Waals surface area contributed by atoms with E-state index in [0.29, 0.717) is 23.0 Å². The third-order valence-corrected chi connectivity index (χ3v) is 7.77. The van der Waals surface area contributed by atoms with E-state index in [1.165, 1.54) is 40.9 Å². The number of imidazole rings is 1. The van der Waals surface area contributed by atoms with Crippen LogP contribution in [-0.2, 0) is 10.0 Å². The Kier molecular flexibility index (Phi) is 6.64. The number of alkyl halides is 3. The number of halogens is 4. The Balaban J connectivity index is 1.53. The second-order valence-corrected chi connectivity index (χ2v) is 10.4. The van der Waals surface area contributed by atoms with E-state index in [1.54, 1.807) is 48.9 Å². The molecule has 0 amide bonds. The number of hydrazine groups is 1. The van der Waals surface area contributed by atoms with E-state index >= 15 is 0 Å². The van der Waals surface area contributed by atoms with Gasteiger partial charge >= 0.3 is 16.3 Å². The summed E-state index contributed by atoms with van der Waals surface area (Å²) >= 11 is 0. The van der Waals surface area contributed by atoms with Crippen molar-refractivity contribution in [1.29, 1.82) is 0 Å². The molecule has 2 aromatic carbocycles. The fourth-order valence-corrected chi connectivity index (χ4v) is 5.17. The van der Waals surface area contributed by atoms with Crippen molar-refractivity contribution in [2.75, 3.05) is 7.05 Å². The largest absolute Gasteiger partial charge is 0.661 e. The van der Waals surface area contributed by atoms with Crippen molar-refractivity contribution in [3.05, 3.63) is 109 Å². The molecule has 12 heteroatoms. The maximum Gasteiger partial charge on any atom is 0.661 e. The predicted octanol–water partition coefficient (Wildman–Crippen LogP) is 5.39. The lowest BCUT2D eigenvalue weighted by Crippen LogP contribution is -2.45. The topological polar surface area (TPSA) is 70.6 Å². The van der Waals surface area contributed by atoms with E-state index < -0.39 is 27.0 Å². The molecule has 5 rings (SSSR count). The number of nitrogens with zero attached hydrogens (tertiary/aromatic N) is 5. The van der Waals surface area contributed by atoms with Crippen LogP contribution in [0.15, 0.2) is 102 Å². The molecule has 0 aliphatic heterocycles. The first-order valence-electron chi connectivity index (χ1n) is 11.5. The van der Waals surface area contributed by atoms with Crippen LogP contribution in [0.5, 0.6) is 0 Å². The van der Waals surface area contributed by atoms with Crippen LogP contribution in [0.3, 0.4) is 0 Å². The first kappa shape index (κ1) is 26.0. The Morgan fingerprint density at radius 3 is 2.28 bits per heavy atom. The Hall–Kier alpha value is -4.58. The quantitative estimate of drug-likeness (QED) is 0.0928. The van der Waals surface area contributed by atoms with Crippen LogP contribution in [0.1, 0.15) is 5.69 Å². The summed E-state index contributed by atoms with van der Waals surface area (Å²) in [5.41, 5.74) is 2.39. The zero-order chi connectivity index (χ0) is 27.8. The van der Waals surface area contributed by atoms with Gasteiger partial charge in [0.05, 0.1) is 18.1 Å². The Morgan fingerprint density at radius 2 is 1.62 bits per heavy atom. The van der Waals surface area contributed by atoms with Crippen molar-refractivity contribution >= 4 is 21.9 Å². The molecule has 0 bridgehead atoms. The number of hydrogen-bond acceptors (Lipinski definition) is 4. The molecule has 0 spiro atoms. The highest BCUT2D eigenvalue weighted by Gasteiger charge is 2.51. The number of sulfonamides is 1. The molecule has 0 aliphatic rings. The summed E-state index contributed by atoms with van der Waals surface area (Å²) in [5.74, 6) is -0.511. The third kappa shape index (κ3) is 5.10. The van der Waals surface area contributed by atoms with Gasteiger partial charge in [-0.15, -0.1) is 13.2 Å². The maximum atomic E-state index is 14.2. The summed E-state index contributed by atoms with van der Waals surface area (Å²) in [5, 5.41) is 0. The highest BCUT2D eigenvalue weighted by atomic mass is 32.2. The van der Waals surface area contributed by atoms with E-state index in [4.69, 9.17) is 0 Å². The van der Waals surface area contributed by atoms with Crippen molar-refractivity contribution in [1.82, 2.24) is 18.8 Å². The van der Waals surface area contributed by atoms with Gasteiger partial charge in [0.1, 0.15) is 17.2 Å². The first-order valence-corrected chi connectivity index (χ1v) is 12.9. The van der Waals surface area contributed by atoms with Gasteiger partial charge in [-0.1, -0.05) is 40.8 Å². The lowest BCUT2D eigenvalue weighted by molar-refractivity contribution is -0.793. The maximum absolute atomic E-state index is 14.2. The molecule has 3 aromatic heterocycles. The summed E-state index contributed by atoms with van der Waals surface area (Å²) in [6, 6.07) is 17.8. The van der Waals surface area contributed by atoms with Gasteiger partial charge in [-0.3, -0.25) is 9.38 Å². The number of fused-ring (bicyclic) bond motifs is 1. The highest BCUT2D eigenvalue weighted by molar-refractivity contribution is 7.89. The molecule has 198 valence electrons. The van der Waals surface area contributed by atoms with Gasteiger partial charge < -0.3 is 0 Å². The van der Waals surface area contributed by atoms with Gasteiger partial charge in [0.25, 0.3) is 0 Å². The number of pyridine rings is 2. The lowest BCUT2D eigenvalue weighted by Gasteiger charge is -2.17. The molecule has 3 heterocycles. The number of rotatable bonds is 6. The van der Waals surface area contributed by atoms with E-state index in [-0.39, 0.29) is 20.4 Å². The molecule has 0 saturated carbocycles. The molecule has 0 aliphatic carbocycles. The summed E-state index contributed by atoms with van der Waals surface area (Å²) < 4.78 is 84.3. The second kappa shape index (κ2) is 9.95. The average Bonchev–Trinajstić information content (AvgIpc) is 3.33. The number of aromatic nitrogens is 3. The van der Waals surface area contributed by atoms with Gasteiger partial charge in [0, 0.05) is 35.3 Å². The summed E-state index contributed by atoms with van der Waals surface area (Å²) in [6.07, 6.45) is 1.57. The Labute approximate surface area is 221 Å². The fourth-order valence-electron chi connectivity index (χ4n) is 4.01. The van der Waals surface area contributed by atoms with Crippen LogP contribution in [0, 0.1) is 5.82 Å². The van der Waals surface area contributed by atoms with Gasteiger partial charge in [-0.2, -0.15) is 8.42 Å². The van der Waals surface area contributed by atoms with Gasteiger partial charge in [-0.05, 0) is 46.6 Å². The van der Waals surface area contributed by atoms with Crippen LogP contribution in [0.2, 0.25) is 0 Å². The van der Waals surface area contributed by atoms with Crippen LogP contribution >= 0.6 is 0 Å². The molecule has 0 N–H and O–H groups in total. The summed E-state index contributed by atoms with van der Waals surface area (Å²) in [6.45, 7) is 0. The zero-order valence-corrected chi connectivity index (χ0v) is 21.1. The third-order valence-electron chi connectivity index (χ3n) is 6.03. The minimum atomic E-state index is -5.10. The summed E-state index contributed by atoms with van der Waals surface area (Å²) in [4.78, 5) is 7.80. The smallest absolute Gasteiger partial charge is 0.294 e. The lowest BCUT2D eigenvalue weighted by atomic mass is 10.1. The van der Waals surface area contributed by atoms with Crippen LogP contribution < -0.4 is 0 Å². The molecule has 0 fully saturated rings. The van der Waals surface area contributed by atoms with E-state index in [9.17, 15) is 26.0 Å². The Bertz CT molecular complexity index is 1790. The molecule has 0 radical (unpaired) electrons. The Morgan fingerprint density at radius 1 is 0.897 bits per heavy atom. The van der Waals surface area contributed by atoms with Crippen molar-refractivity contribution in [3.8, 4) is 22.3 Å². The normalized spacial score (nSPS) is 12.6. The monoisotopic (exact) mass is 554 g/mol. The van der Waals surface area contributed by atoms with Crippen molar-refractivity contribution in [2.24, 2.45) is 0 Å². The molecular formula is C27H20F4N5O2S+. The standard InChI is InChI=1S/C27H20F4N5O2S/c1-34(39(37,38)23-11-8-19(9-12-23)24-6-2-3-7-25(24)28)36(27(29,30)31)18-22-16-33-26-13-10-21(17-35(22)26)20-5-4-14-32-15-20/h2-18H,1H3/q+1. The van der Waals surface area contributed by atoms with Crippen LogP contribution in [0.4, 0.5) is 17.6 Å². The molecule has 39 heavy (non-hydrogen) atoms. The van der Waals surface area contributed by atoms with Crippen molar-refractivity contribution < 1.29 is 30.7 Å². The van der Waals surface area contributed by atoms with Crippen molar-refractivity contribution in [2.45, 2.75) is 11.2 Å². The van der Waals surface area contributed by atoms with Gasteiger partial charge in [0.2, 0.25) is 6.21 Å². The number of hydrazone groups is 1. The molecule has 0 unspecified atom stereocenters. The SMILES string of the molecule is CN(/[N+](=C/c1cnc2ccc(-c3cccnc3)cn12)C(F)(F)F)S(=O)(=O)c1ccc(-c2ccccc2F)cc1. The second-order valence-electron chi connectivity index (χ2n) is 8.46. The first-order chi connectivity index (χ1) is 18.6. The highest BCUT2D eigenvalue weighted by Crippen LogP contribution is 2.27.